The minimum absolute atomic E-state index is 0.208. The predicted molar refractivity (Wildman–Crippen MR) is 49.4 cm³/mol. The molecule has 0 unspecified atom stereocenters. The van der Waals surface area contributed by atoms with Gasteiger partial charge >= 0.3 is 6.09 Å². The number of aromatic nitrogens is 1. The Morgan fingerprint density at radius 1 is 1.57 bits per heavy atom. The van der Waals surface area contributed by atoms with Crippen LogP contribution in [-0.2, 0) is 0 Å². The number of carbonyl (C=O) groups is 1. The Morgan fingerprint density at radius 2 is 2.29 bits per heavy atom. The lowest BCUT2D eigenvalue weighted by Gasteiger charge is -2.00. The number of nitrogens with zero attached hydrogens (tertiary/aromatic N) is 1. The van der Waals surface area contributed by atoms with Crippen molar-refractivity contribution in [2.75, 3.05) is 5.32 Å². The smallest absolute Gasteiger partial charge is 0.411 e. The van der Waals surface area contributed by atoms with Crippen molar-refractivity contribution in [2.24, 2.45) is 0 Å². The molecule has 1 amide bonds. The molecule has 0 saturated heterocycles. The molecule has 1 aromatic heterocycles. The number of hydrogen-bond acceptors (Lipinski definition) is 3. The summed E-state index contributed by atoms with van der Waals surface area (Å²) in [4.78, 5) is 10.3. The highest BCUT2D eigenvalue weighted by molar-refractivity contribution is 5.80. The first-order valence-electron chi connectivity index (χ1n) is 4.72. The Balaban J connectivity index is 2.05. The van der Waals surface area contributed by atoms with Gasteiger partial charge in [-0.05, 0) is 12.8 Å². The first-order chi connectivity index (χ1) is 6.75. The first kappa shape index (κ1) is 9.05. The molecule has 0 aromatic carbocycles. The Kier molecular flexibility index (Phi) is 2.39. The summed E-state index contributed by atoms with van der Waals surface area (Å²) in [5.41, 5.74) is 0.867. The standard InChI is InChI=1S/C9H12N2O3/c12-9(13)10-8-5-7(11-14-8)6-3-1-2-4-6/h5-6,10H,1-4H2,(H,12,13). The third-order valence-electron chi connectivity index (χ3n) is 2.53. The first-order valence-corrected chi connectivity index (χ1v) is 4.72. The van der Waals surface area contributed by atoms with E-state index in [0.717, 1.165) is 18.5 Å². The van der Waals surface area contributed by atoms with E-state index in [4.69, 9.17) is 9.63 Å². The number of carboxylic acid groups (broad SMARTS) is 1. The lowest BCUT2D eigenvalue weighted by molar-refractivity contribution is 0.208. The molecule has 5 heteroatoms. The normalized spacial score (nSPS) is 17.1. The highest BCUT2D eigenvalue weighted by Gasteiger charge is 2.20. The number of nitrogens with one attached hydrogen (secondary N) is 1. The van der Waals surface area contributed by atoms with Crippen molar-refractivity contribution in [3.05, 3.63) is 11.8 Å². The molecule has 0 atom stereocenters. The molecule has 1 saturated carbocycles. The third-order valence-corrected chi connectivity index (χ3v) is 2.53. The van der Waals surface area contributed by atoms with Crippen LogP contribution in [0.15, 0.2) is 10.6 Å². The number of rotatable bonds is 2. The van der Waals surface area contributed by atoms with Gasteiger partial charge in [0.15, 0.2) is 0 Å². The van der Waals surface area contributed by atoms with Crippen LogP contribution in [0.25, 0.3) is 0 Å². The van der Waals surface area contributed by atoms with Gasteiger partial charge in [-0.2, -0.15) is 0 Å². The SMILES string of the molecule is O=C(O)Nc1cc(C2CCCC2)no1. The van der Waals surface area contributed by atoms with Crippen LogP contribution in [0.4, 0.5) is 10.7 Å². The van der Waals surface area contributed by atoms with E-state index in [2.05, 4.69) is 10.5 Å². The summed E-state index contributed by atoms with van der Waals surface area (Å²) < 4.78 is 4.85. The van der Waals surface area contributed by atoms with Crippen LogP contribution in [0.1, 0.15) is 37.3 Å². The molecular formula is C9H12N2O3. The Morgan fingerprint density at radius 3 is 2.93 bits per heavy atom. The summed E-state index contributed by atoms with van der Waals surface area (Å²) in [7, 11) is 0. The van der Waals surface area contributed by atoms with E-state index < -0.39 is 6.09 Å². The molecular weight excluding hydrogens is 184 g/mol. The van der Waals surface area contributed by atoms with Crippen LogP contribution in [-0.4, -0.2) is 16.4 Å². The summed E-state index contributed by atoms with van der Waals surface area (Å²) in [5.74, 6) is 0.655. The minimum Gasteiger partial charge on any atom is -0.465 e. The van der Waals surface area contributed by atoms with Crippen LogP contribution >= 0.6 is 0 Å². The van der Waals surface area contributed by atoms with Crippen molar-refractivity contribution in [2.45, 2.75) is 31.6 Å². The molecule has 1 aliphatic carbocycles. The van der Waals surface area contributed by atoms with E-state index in [9.17, 15) is 4.79 Å². The Hall–Kier alpha value is -1.52. The van der Waals surface area contributed by atoms with E-state index in [1.165, 1.54) is 12.8 Å². The zero-order valence-corrected chi connectivity index (χ0v) is 7.69. The summed E-state index contributed by atoms with van der Waals surface area (Å²) in [5, 5.41) is 14.4. The zero-order valence-electron chi connectivity index (χ0n) is 7.69. The van der Waals surface area contributed by atoms with Gasteiger partial charge in [0, 0.05) is 12.0 Å². The van der Waals surface area contributed by atoms with Crippen molar-refractivity contribution < 1.29 is 14.4 Å². The second-order valence-electron chi connectivity index (χ2n) is 3.53. The van der Waals surface area contributed by atoms with Crippen molar-refractivity contribution in [3.63, 3.8) is 0 Å². The Labute approximate surface area is 81.1 Å². The number of anilines is 1. The molecule has 1 aliphatic rings. The van der Waals surface area contributed by atoms with Gasteiger partial charge in [-0.15, -0.1) is 0 Å². The summed E-state index contributed by atoms with van der Waals surface area (Å²) in [6.45, 7) is 0. The second kappa shape index (κ2) is 3.69. The van der Waals surface area contributed by atoms with E-state index in [0.29, 0.717) is 5.92 Å². The molecule has 5 nitrogen and oxygen atoms in total. The maximum absolute atomic E-state index is 10.3. The van der Waals surface area contributed by atoms with E-state index >= 15 is 0 Å². The third kappa shape index (κ3) is 1.86. The highest BCUT2D eigenvalue weighted by Crippen LogP contribution is 2.34. The fraction of sp³-hybridized carbons (Fsp3) is 0.556. The molecule has 0 bridgehead atoms. The van der Waals surface area contributed by atoms with Crippen LogP contribution in [0.2, 0.25) is 0 Å². The number of amides is 1. The molecule has 0 aliphatic heterocycles. The molecule has 1 heterocycles. The molecule has 1 fully saturated rings. The summed E-state index contributed by atoms with van der Waals surface area (Å²) in [6.07, 6.45) is 3.57. The van der Waals surface area contributed by atoms with Crippen molar-refractivity contribution >= 4 is 12.0 Å². The van der Waals surface area contributed by atoms with Gasteiger partial charge in [0.25, 0.3) is 0 Å². The molecule has 76 valence electrons. The monoisotopic (exact) mass is 196 g/mol. The Bertz CT molecular complexity index is 329. The highest BCUT2D eigenvalue weighted by atomic mass is 16.5. The van der Waals surface area contributed by atoms with Gasteiger partial charge in [-0.3, -0.25) is 5.32 Å². The molecule has 0 radical (unpaired) electrons. The van der Waals surface area contributed by atoms with Gasteiger partial charge in [0.1, 0.15) is 0 Å². The van der Waals surface area contributed by atoms with E-state index in [1.807, 2.05) is 0 Å². The average molecular weight is 196 g/mol. The maximum Gasteiger partial charge on any atom is 0.411 e. The molecule has 1 aromatic rings. The van der Waals surface area contributed by atoms with Gasteiger partial charge in [0.2, 0.25) is 5.88 Å². The summed E-state index contributed by atoms with van der Waals surface area (Å²) >= 11 is 0. The van der Waals surface area contributed by atoms with Crippen LogP contribution in [0.5, 0.6) is 0 Å². The van der Waals surface area contributed by atoms with Crippen LogP contribution in [0.3, 0.4) is 0 Å². The lowest BCUT2D eigenvalue weighted by Crippen LogP contribution is -2.05. The largest absolute Gasteiger partial charge is 0.465 e. The summed E-state index contributed by atoms with van der Waals surface area (Å²) in [6, 6.07) is 1.67. The van der Waals surface area contributed by atoms with Crippen LogP contribution < -0.4 is 5.32 Å². The molecule has 2 N–H and O–H groups in total. The van der Waals surface area contributed by atoms with Gasteiger partial charge in [0.05, 0.1) is 5.69 Å². The van der Waals surface area contributed by atoms with Crippen molar-refractivity contribution in [1.82, 2.24) is 5.16 Å². The average Bonchev–Trinajstić information content (AvgIpc) is 2.69. The van der Waals surface area contributed by atoms with Crippen molar-refractivity contribution in [3.8, 4) is 0 Å². The zero-order chi connectivity index (χ0) is 9.97. The molecule has 2 rings (SSSR count). The van der Waals surface area contributed by atoms with E-state index in [-0.39, 0.29) is 5.88 Å². The quantitative estimate of drug-likeness (QED) is 0.761. The molecule has 0 spiro atoms. The lowest BCUT2D eigenvalue weighted by atomic mass is 10.0. The fourth-order valence-electron chi connectivity index (χ4n) is 1.87. The second-order valence-corrected chi connectivity index (χ2v) is 3.53. The van der Waals surface area contributed by atoms with Gasteiger partial charge < -0.3 is 9.63 Å². The van der Waals surface area contributed by atoms with Gasteiger partial charge in [-0.1, -0.05) is 18.0 Å². The number of hydrogen-bond donors (Lipinski definition) is 2. The predicted octanol–water partition coefficient (Wildman–Crippen LogP) is 2.42. The maximum atomic E-state index is 10.3. The fourth-order valence-corrected chi connectivity index (χ4v) is 1.87. The van der Waals surface area contributed by atoms with Crippen LogP contribution in [0, 0.1) is 0 Å². The minimum atomic E-state index is -1.13. The molecule has 14 heavy (non-hydrogen) atoms. The topological polar surface area (TPSA) is 75.4 Å². The van der Waals surface area contributed by atoms with Gasteiger partial charge in [-0.25, -0.2) is 4.79 Å². The van der Waals surface area contributed by atoms with E-state index in [1.54, 1.807) is 6.07 Å². The van der Waals surface area contributed by atoms with Crippen molar-refractivity contribution in [1.29, 1.82) is 0 Å².